The number of ether oxygens (including phenoxy) is 2. The molecule has 0 unspecified atom stereocenters. The van der Waals surface area contributed by atoms with Crippen molar-refractivity contribution in [2.75, 3.05) is 23.5 Å². The van der Waals surface area contributed by atoms with Crippen molar-refractivity contribution in [3.05, 3.63) is 108 Å². The smallest absolute Gasteiger partial charge is 0.412 e. The summed E-state index contributed by atoms with van der Waals surface area (Å²) >= 11 is 0. The zero-order chi connectivity index (χ0) is 27.8. The molecule has 9 heteroatoms. The SMILES string of the molecule is CO[C@@H](/C=C/C(=O)Nc1ccccc1N)[C@@H](OC(=O)Nc1ccc(C#N)cc1)c1ccc(O)c2ccccc12. The zero-order valence-electron chi connectivity index (χ0n) is 21.0. The molecule has 0 bridgehead atoms. The predicted molar refractivity (Wildman–Crippen MR) is 149 cm³/mol. The van der Waals surface area contributed by atoms with Gasteiger partial charge in [-0.05, 0) is 53.9 Å². The fraction of sp³-hybridized carbons (Fsp3) is 0.100. The molecule has 0 fully saturated rings. The number of hydrogen-bond acceptors (Lipinski definition) is 7. The van der Waals surface area contributed by atoms with Crippen LogP contribution < -0.4 is 16.4 Å². The van der Waals surface area contributed by atoms with E-state index in [-0.39, 0.29) is 5.75 Å². The van der Waals surface area contributed by atoms with Crippen molar-refractivity contribution < 1.29 is 24.2 Å². The van der Waals surface area contributed by atoms with Gasteiger partial charge < -0.3 is 25.6 Å². The fourth-order valence-corrected chi connectivity index (χ4v) is 4.02. The maximum absolute atomic E-state index is 13.0. The van der Waals surface area contributed by atoms with Crippen molar-refractivity contribution in [3.63, 3.8) is 0 Å². The number of carbonyl (C=O) groups excluding carboxylic acids is 2. The minimum Gasteiger partial charge on any atom is -0.507 e. The molecule has 5 N–H and O–H groups in total. The number of fused-ring (bicyclic) bond motifs is 1. The van der Waals surface area contributed by atoms with Crippen LogP contribution in [0.25, 0.3) is 10.8 Å². The van der Waals surface area contributed by atoms with Crippen LogP contribution in [0.2, 0.25) is 0 Å². The highest BCUT2D eigenvalue weighted by atomic mass is 16.6. The molecule has 39 heavy (non-hydrogen) atoms. The molecule has 0 saturated heterocycles. The number of methoxy groups -OCH3 is 1. The molecule has 0 saturated carbocycles. The Morgan fingerprint density at radius 2 is 1.64 bits per heavy atom. The topological polar surface area (TPSA) is 147 Å². The molecule has 0 aliphatic rings. The summed E-state index contributed by atoms with van der Waals surface area (Å²) in [5.74, 6) is -0.384. The summed E-state index contributed by atoms with van der Waals surface area (Å²) in [4.78, 5) is 25.6. The van der Waals surface area contributed by atoms with Crippen molar-refractivity contribution in [1.29, 1.82) is 5.26 Å². The number of phenols is 1. The summed E-state index contributed by atoms with van der Waals surface area (Å²) in [5, 5.41) is 25.9. The molecule has 0 aliphatic carbocycles. The van der Waals surface area contributed by atoms with E-state index in [9.17, 15) is 14.7 Å². The van der Waals surface area contributed by atoms with Crippen LogP contribution in [-0.2, 0) is 14.3 Å². The number of amides is 2. The average molecular weight is 523 g/mol. The largest absolute Gasteiger partial charge is 0.507 e. The molecule has 4 aromatic carbocycles. The van der Waals surface area contributed by atoms with Crippen molar-refractivity contribution >= 4 is 39.8 Å². The van der Waals surface area contributed by atoms with Gasteiger partial charge in [0.1, 0.15) is 11.9 Å². The highest BCUT2D eigenvalue weighted by molar-refractivity contribution is 6.01. The number of benzene rings is 4. The summed E-state index contributed by atoms with van der Waals surface area (Å²) in [6.07, 6.45) is 0.0838. The number of nitrogens with one attached hydrogen (secondary N) is 2. The van der Waals surface area contributed by atoms with Gasteiger partial charge in [0.2, 0.25) is 5.91 Å². The quantitative estimate of drug-likeness (QED) is 0.176. The lowest BCUT2D eigenvalue weighted by atomic mass is 9.96. The Labute approximate surface area is 225 Å². The van der Waals surface area contributed by atoms with Crippen LogP contribution in [0.5, 0.6) is 5.75 Å². The molecule has 4 rings (SSSR count). The third kappa shape index (κ3) is 6.52. The maximum atomic E-state index is 13.0. The Hall–Kier alpha value is -5.33. The maximum Gasteiger partial charge on any atom is 0.412 e. The van der Waals surface area contributed by atoms with Gasteiger partial charge in [0, 0.05) is 29.8 Å². The van der Waals surface area contributed by atoms with E-state index in [1.54, 1.807) is 78.9 Å². The first-order valence-electron chi connectivity index (χ1n) is 11.9. The van der Waals surface area contributed by atoms with Crippen molar-refractivity contribution in [1.82, 2.24) is 0 Å². The van der Waals surface area contributed by atoms with E-state index in [0.29, 0.717) is 39.0 Å². The normalized spacial score (nSPS) is 12.4. The van der Waals surface area contributed by atoms with Gasteiger partial charge in [-0.15, -0.1) is 0 Å². The summed E-state index contributed by atoms with van der Waals surface area (Å²) in [6.45, 7) is 0. The van der Waals surface area contributed by atoms with Crippen LogP contribution in [0.3, 0.4) is 0 Å². The van der Waals surface area contributed by atoms with E-state index < -0.39 is 24.2 Å². The minimum absolute atomic E-state index is 0.0690. The second-order valence-corrected chi connectivity index (χ2v) is 8.50. The Morgan fingerprint density at radius 3 is 2.33 bits per heavy atom. The number of nitrogen functional groups attached to an aromatic ring is 1. The van der Waals surface area contributed by atoms with Gasteiger partial charge in [0.25, 0.3) is 0 Å². The first kappa shape index (κ1) is 26.7. The summed E-state index contributed by atoms with van der Waals surface area (Å²) in [7, 11) is 1.43. The standard InChI is InChI=1S/C30H26N4O5/c1-38-27(16-17-28(36)34-25-9-5-4-8-24(25)32)29(23-14-15-26(35)22-7-3-2-6-21(22)23)39-30(37)33-20-12-10-19(18-31)11-13-20/h2-17,27,29,35H,32H2,1H3,(H,33,37)(H,34,36)/b17-16+/t27-,29-/m0/s1. The minimum atomic E-state index is -1.01. The number of aromatic hydroxyl groups is 1. The van der Waals surface area contributed by atoms with Crippen LogP contribution in [0, 0.1) is 11.3 Å². The Bertz CT molecular complexity index is 1560. The number of nitrogens with two attached hydrogens (primary N) is 1. The monoisotopic (exact) mass is 522 g/mol. The highest BCUT2D eigenvalue weighted by Crippen LogP contribution is 2.35. The van der Waals surface area contributed by atoms with Gasteiger partial charge >= 0.3 is 6.09 Å². The molecule has 9 nitrogen and oxygen atoms in total. The Balaban J connectivity index is 1.64. The van der Waals surface area contributed by atoms with Gasteiger partial charge in [0.05, 0.1) is 23.0 Å². The van der Waals surface area contributed by atoms with Gasteiger partial charge in [-0.25, -0.2) is 4.79 Å². The molecular weight excluding hydrogens is 496 g/mol. The lowest BCUT2D eigenvalue weighted by molar-refractivity contribution is -0.112. The van der Waals surface area contributed by atoms with Gasteiger partial charge in [-0.2, -0.15) is 5.26 Å². The molecule has 0 heterocycles. The number of rotatable bonds is 8. The average Bonchev–Trinajstić information content (AvgIpc) is 2.95. The Kier molecular flexibility index (Phi) is 8.41. The molecule has 0 radical (unpaired) electrons. The summed E-state index contributed by atoms with van der Waals surface area (Å²) in [6, 6.07) is 25.4. The first-order chi connectivity index (χ1) is 18.9. The number of hydrogen-bond donors (Lipinski definition) is 4. The molecule has 0 spiro atoms. The molecule has 2 atom stereocenters. The van der Waals surface area contributed by atoms with E-state index in [1.807, 2.05) is 6.07 Å². The summed E-state index contributed by atoms with van der Waals surface area (Å²) < 4.78 is 11.5. The number of nitriles is 1. The molecule has 4 aromatic rings. The van der Waals surface area contributed by atoms with Crippen LogP contribution in [0.4, 0.5) is 21.9 Å². The second-order valence-electron chi connectivity index (χ2n) is 8.50. The third-order valence-electron chi connectivity index (χ3n) is 5.96. The lowest BCUT2D eigenvalue weighted by Gasteiger charge is -2.26. The van der Waals surface area contributed by atoms with Crippen molar-refractivity contribution in [2.45, 2.75) is 12.2 Å². The van der Waals surface area contributed by atoms with Crippen LogP contribution in [0.1, 0.15) is 17.2 Å². The highest BCUT2D eigenvalue weighted by Gasteiger charge is 2.28. The number of carbonyl (C=O) groups is 2. The van der Waals surface area contributed by atoms with Crippen molar-refractivity contribution in [3.8, 4) is 11.8 Å². The number of nitrogens with zero attached hydrogens (tertiary/aromatic N) is 1. The zero-order valence-corrected chi connectivity index (χ0v) is 21.0. The molecule has 0 aromatic heterocycles. The van der Waals surface area contributed by atoms with Crippen molar-refractivity contribution in [2.24, 2.45) is 0 Å². The molecule has 196 valence electrons. The van der Waals surface area contributed by atoms with E-state index in [2.05, 4.69) is 10.6 Å². The molecular formula is C30H26N4O5. The van der Waals surface area contributed by atoms with E-state index >= 15 is 0 Å². The van der Waals surface area contributed by atoms with E-state index in [0.717, 1.165) is 0 Å². The van der Waals surface area contributed by atoms with Gasteiger partial charge in [-0.3, -0.25) is 10.1 Å². The molecule has 2 amide bonds. The first-order valence-corrected chi connectivity index (χ1v) is 11.9. The third-order valence-corrected chi connectivity index (χ3v) is 5.96. The van der Waals surface area contributed by atoms with Gasteiger partial charge in [-0.1, -0.05) is 42.5 Å². The predicted octanol–water partition coefficient (Wildman–Crippen LogP) is 5.50. The van der Waals surface area contributed by atoms with E-state index in [4.69, 9.17) is 20.5 Å². The van der Waals surface area contributed by atoms with Gasteiger partial charge in [0.15, 0.2) is 6.10 Å². The Morgan fingerprint density at radius 1 is 0.949 bits per heavy atom. The number of anilines is 3. The van der Waals surface area contributed by atoms with E-state index in [1.165, 1.54) is 25.3 Å². The molecule has 0 aliphatic heterocycles. The fourth-order valence-electron chi connectivity index (χ4n) is 4.02. The lowest BCUT2D eigenvalue weighted by Crippen LogP contribution is -2.27. The van der Waals surface area contributed by atoms with Crippen LogP contribution >= 0.6 is 0 Å². The van der Waals surface area contributed by atoms with Crippen LogP contribution in [0.15, 0.2) is 97.1 Å². The van der Waals surface area contributed by atoms with Crippen LogP contribution in [-0.4, -0.2) is 30.3 Å². The number of para-hydroxylation sites is 2. The number of phenolic OH excluding ortho intramolecular Hbond substituents is 1. The summed E-state index contributed by atoms with van der Waals surface area (Å²) in [5.41, 5.74) is 8.22. The second kappa shape index (κ2) is 12.3.